The van der Waals surface area contributed by atoms with Gasteiger partial charge in [0.25, 0.3) is 5.69 Å². The molecule has 0 unspecified atom stereocenters. The molecule has 1 aromatic carbocycles. The van der Waals surface area contributed by atoms with Crippen molar-refractivity contribution in [2.45, 2.75) is 12.3 Å². The van der Waals surface area contributed by atoms with Crippen molar-refractivity contribution in [3.05, 3.63) is 56.5 Å². The van der Waals surface area contributed by atoms with Gasteiger partial charge >= 0.3 is 0 Å². The van der Waals surface area contributed by atoms with E-state index < -0.39 is 14.9 Å². The van der Waals surface area contributed by atoms with Crippen molar-refractivity contribution >= 4 is 27.0 Å². The molecule has 0 amide bonds. The number of benzene rings is 1. The Labute approximate surface area is 126 Å². The van der Waals surface area contributed by atoms with Crippen LogP contribution in [0.1, 0.15) is 10.6 Å². The minimum absolute atomic E-state index is 0.120. The average molecular weight is 327 g/mol. The van der Waals surface area contributed by atoms with Crippen LogP contribution in [0.2, 0.25) is 0 Å². The summed E-state index contributed by atoms with van der Waals surface area (Å²) in [6, 6.07) is 5.63. The molecule has 0 spiro atoms. The van der Waals surface area contributed by atoms with Crippen LogP contribution >= 0.6 is 11.3 Å². The number of nitro benzene ring substituents is 1. The van der Waals surface area contributed by atoms with Crippen molar-refractivity contribution < 1.29 is 13.3 Å². The molecule has 1 heterocycles. The fourth-order valence-electron chi connectivity index (χ4n) is 1.70. The molecule has 0 aliphatic rings. The van der Waals surface area contributed by atoms with Crippen molar-refractivity contribution in [2.75, 3.05) is 7.05 Å². The zero-order chi connectivity index (χ0) is 15.5. The highest BCUT2D eigenvalue weighted by atomic mass is 32.2. The molecular formula is C12H13N3O4S2. The molecule has 0 saturated heterocycles. The van der Waals surface area contributed by atoms with E-state index in [4.69, 9.17) is 0 Å². The number of sulfonamides is 1. The largest absolute Gasteiger partial charge is 0.269 e. The maximum absolute atomic E-state index is 12.2. The first-order valence-corrected chi connectivity index (χ1v) is 8.43. The lowest BCUT2D eigenvalue weighted by atomic mass is 10.2. The van der Waals surface area contributed by atoms with E-state index in [0.717, 1.165) is 0 Å². The van der Waals surface area contributed by atoms with Crippen molar-refractivity contribution in [3.63, 3.8) is 0 Å². The van der Waals surface area contributed by atoms with Gasteiger partial charge in [0.05, 0.1) is 17.2 Å². The summed E-state index contributed by atoms with van der Waals surface area (Å²) < 4.78 is 25.7. The summed E-state index contributed by atoms with van der Waals surface area (Å²) in [5, 5.41) is 13.2. The third kappa shape index (κ3) is 4.06. The van der Waals surface area contributed by atoms with E-state index in [1.807, 2.05) is 0 Å². The molecule has 2 aromatic rings. The molecule has 2 rings (SSSR count). The summed E-state index contributed by atoms with van der Waals surface area (Å²) in [6.07, 6.45) is 1.61. The molecule has 0 fully saturated rings. The van der Waals surface area contributed by atoms with Gasteiger partial charge in [-0.1, -0.05) is 12.1 Å². The van der Waals surface area contributed by atoms with Crippen LogP contribution < -0.4 is 0 Å². The van der Waals surface area contributed by atoms with Crippen molar-refractivity contribution in [3.8, 4) is 0 Å². The highest BCUT2D eigenvalue weighted by molar-refractivity contribution is 7.88. The predicted octanol–water partition coefficient (Wildman–Crippen LogP) is 2.01. The van der Waals surface area contributed by atoms with Gasteiger partial charge in [-0.15, -0.1) is 11.3 Å². The maximum Gasteiger partial charge on any atom is 0.269 e. The van der Waals surface area contributed by atoms with Crippen LogP contribution in [-0.4, -0.2) is 29.7 Å². The predicted molar refractivity (Wildman–Crippen MR) is 79.3 cm³/mol. The molecule has 0 N–H and O–H groups in total. The van der Waals surface area contributed by atoms with Crippen LogP contribution in [-0.2, 0) is 22.3 Å². The molecule has 1 aromatic heterocycles. The summed E-state index contributed by atoms with van der Waals surface area (Å²) in [5.41, 5.74) is 0.264. The zero-order valence-electron chi connectivity index (χ0n) is 11.2. The molecular weight excluding hydrogens is 314 g/mol. The Balaban J connectivity index is 2.13. The van der Waals surface area contributed by atoms with Gasteiger partial charge in [-0.25, -0.2) is 13.4 Å². The SMILES string of the molecule is CN(Cc1nccs1)S(=O)(=O)Cc1cccc([N+](=O)[O-])c1. The van der Waals surface area contributed by atoms with Crippen LogP contribution in [0.25, 0.3) is 0 Å². The number of nitro groups is 1. The Morgan fingerprint density at radius 2 is 2.19 bits per heavy atom. The Kier molecular flexibility index (Phi) is 4.66. The van der Waals surface area contributed by atoms with E-state index >= 15 is 0 Å². The van der Waals surface area contributed by atoms with Gasteiger partial charge in [0.15, 0.2) is 0 Å². The van der Waals surface area contributed by atoms with E-state index in [0.29, 0.717) is 10.6 Å². The van der Waals surface area contributed by atoms with Gasteiger partial charge in [-0.05, 0) is 5.56 Å². The molecule has 0 aliphatic carbocycles. The van der Waals surface area contributed by atoms with Crippen LogP contribution in [0, 0.1) is 10.1 Å². The lowest BCUT2D eigenvalue weighted by Gasteiger charge is -2.15. The van der Waals surface area contributed by atoms with Gasteiger partial charge in [0.2, 0.25) is 10.0 Å². The number of aromatic nitrogens is 1. The second kappa shape index (κ2) is 6.29. The van der Waals surface area contributed by atoms with Gasteiger partial charge < -0.3 is 0 Å². The fourth-order valence-corrected chi connectivity index (χ4v) is 3.59. The second-order valence-electron chi connectivity index (χ2n) is 4.37. The summed E-state index contributed by atoms with van der Waals surface area (Å²) in [5.74, 6) is -0.281. The van der Waals surface area contributed by atoms with Crippen molar-refractivity contribution in [1.82, 2.24) is 9.29 Å². The average Bonchev–Trinajstić information content (AvgIpc) is 2.91. The maximum atomic E-state index is 12.2. The van der Waals surface area contributed by atoms with E-state index in [1.54, 1.807) is 17.6 Å². The first-order valence-electron chi connectivity index (χ1n) is 5.94. The number of nitrogens with zero attached hydrogens (tertiary/aromatic N) is 3. The lowest BCUT2D eigenvalue weighted by molar-refractivity contribution is -0.384. The lowest BCUT2D eigenvalue weighted by Crippen LogP contribution is -2.27. The number of non-ortho nitro benzene ring substituents is 1. The molecule has 112 valence electrons. The molecule has 9 heteroatoms. The Bertz CT molecular complexity index is 729. The van der Waals surface area contributed by atoms with E-state index in [2.05, 4.69) is 4.98 Å². The van der Waals surface area contributed by atoms with E-state index in [9.17, 15) is 18.5 Å². The fraction of sp³-hybridized carbons (Fsp3) is 0.250. The van der Waals surface area contributed by atoms with Crippen molar-refractivity contribution in [1.29, 1.82) is 0 Å². The van der Waals surface area contributed by atoms with Crippen molar-refractivity contribution in [2.24, 2.45) is 0 Å². The molecule has 0 radical (unpaired) electrons. The van der Waals surface area contributed by atoms with Crippen LogP contribution in [0.15, 0.2) is 35.8 Å². The van der Waals surface area contributed by atoms with Crippen LogP contribution in [0.3, 0.4) is 0 Å². The first-order chi connectivity index (χ1) is 9.88. The molecule has 0 bridgehead atoms. The normalized spacial score (nSPS) is 11.7. The number of thiazole rings is 1. The van der Waals surface area contributed by atoms with E-state index in [-0.39, 0.29) is 18.0 Å². The van der Waals surface area contributed by atoms with Crippen LogP contribution in [0.4, 0.5) is 5.69 Å². The summed E-state index contributed by atoms with van der Waals surface area (Å²) in [6.45, 7) is 0.189. The number of hydrogen-bond donors (Lipinski definition) is 0. The molecule has 0 saturated carbocycles. The van der Waals surface area contributed by atoms with Gasteiger partial charge in [-0.3, -0.25) is 10.1 Å². The summed E-state index contributed by atoms with van der Waals surface area (Å²) in [7, 11) is -2.09. The summed E-state index contributed by atoms with van der Waals surface area (Å²) >= 11 is 1.37. The van der Waals surface area contributed by atoms with Crippen LogP contribution in [0.5, 0.6) is 0 Å². The second-order valence-corrected chi connectivity index (χ2v) is 7.42. The monoisotopic (exact) mass is 327 g/mol. The Hall–Kier alpha value is -1.84. The minimum Gasteiger partial charge on any atom is -0.258 e. The Morgan fingerprint density at radius 1 is 1.43 bits per heavy atom. The highest BCUT2D eigenvalue weighted by Crippen LogP contribution is 2.18. The standard InChI is InChI=1S/C12H13N3O4S2/c1-14(8-12-13-5-6-20-12)21(18,19)9-10-3-2-4-11(7-10)15(16)17/h2-7H,8-9H2,1H3. The molecule has 0 atom stereocenters. The molecule has 7 nitrogen and oxygen atoms in total. The van der Waals surface area contributed by atoms with E-state index in [1.165, 1.54) is 40.9 Å². The molecule has 21 heavy (non-hydrogen) atoms. The smallest absolute Gasteiger partial charge is 0.258 e. The molecule has 0 aliphatic heterocycles. The highest BCUT2D eigenvalue weighted by Gasteiger charge is 2.20. The third-order valence-corrected chi connectivity index (χ3v) is 5.33. The third-order valence-electron chi connectivity index (χ3n) is 2.79. The van der Waals surface area contributed by atoms with Gasteiger partial charge in [0, 0.05) is 30.8 Å². The van der Waals surface area contributed by atoms with Gasteiger partial charge in [-0.2, -0.15) is 4.31 Å². The quantitative estimate of drug-likeness (QED) is 0.597. The first kappa shape index (κ1) is 15.5. The van der Waals surface area contributed by atoms with Gasteiger partial charge in [0.1, 0.15) is 5.01 Å². The Morgan fingerprint density at radius 3 is 2.81 bits per heavy atom. The summed E-state index contributed by atoms with van der Waals surface area (Å²) in [4.78, 5) is 14.2. The minimum atomic E-state index is -3.55. The topological polar surface area (TPSA) is 93.4 Å². The number of hydrogen-bond acceptors (Lipinski definition) is 6. The number of rotatable bonds is 6. The zero-order valence-corrected chi connectivity index (χ0v) is 12.8.